The Bertz CT molecular complexity index is 722. The van der Waals surface area contributed by atoms with Gasteiger partial charge >= 0.3 is 0 Å². The number of fused-ring (bicyclic) bond motifs is 1. The second-order valence-corrected chi connectivity index (χ2v) is 5.23. The predicted octanol–water partition coefficient (Wildman–Crippen LogP) is 2.54. The van der Waals surface area contributed by atoms with Crippen molar-refractivity contribution in [3.8, 4) is 0 Å². The zero-order valence-corrected chi connectivity index (χ0v) is 11.2. The number of nitrogen functional groups attached to an aromatic ring is 1. The number of benzene rings is 1. The predicted molar refractivity (Wildman–Crippen MR) is 76.8 cm³/mol. The van der Waals surface area contributed by atoms with E-state index in [1.54, 1.807) is 18.1 Å². The highest BCUT2D eigenvalue weighted by Crippen LogP contribution is 2.26. The lowest BCUT2D eigenvalue weighted by Gasteiger charge is -2.04. The number of aromatic nitrogens is 4. The second kappa shape index (κ2) is 4.89. The molecule has 3 aromatic rings. The normalized spacial score (nSPS) is 11.0. The number of H-pyrrole nitrogens is 1. The number of hydrogen-bond donors (Lipinski definition) is 2. The van der Waals surface area contributed by atoms with Crippen molar-refractivity contribution in [2.45, 2.75) is 17.7 Å². The summed E-state index contributed by atoms with van der Waals surface area (Å²) >= 11 is 1.63. The van der Waals surface area contributed by atoms with Crippen LogP contribution >= 0.6 is 11.8 Å². The summed E-state index contributed by atoms with van der Waals surface area (Å²) in [6.45, 7) is 2.09. The van der Waals surface area contributed by atoms with Gasteiger partial charge in [0.05, 0.1) is 6.33 Å². The van der Waals surface area contributed by atoms with Crippen LogP contribution in [0.3, 0.4) is 0 Å². The van der Waals surface area contributed by atoms with Gasteiger partial charge in [-0.3, -0.25) is 0 Å². The van der Waals surface area contributed by atoms with Gasteiger partial charge in [0.25, 0.3) is 0 Å². The number of nitrogens with zero attached hydrogens (tertiary/aromatic N) is 3. The summed E-state index contributed by atoms with van der Waals surface area (Å²) in [5.74, 6) is 1.10. The molecule has 5 nitrogen and oxygen atoms in total. The highest BCUT2D eigenvalue weighted by Gasteiger charge is 2.09. The van der Waals surface area contributed by atoms with Crippen LogP contribution in [0.2, 0.25) is 0 Å². The average Bonchev–Trinajstić information content (AvgIpc) is 2.84. The van der Waals surface area contributed by atoms with Crippen molar-refractivity contribution < 1.29 is 0 Å². The molecule has 0 aliphatic carbocycles. The molecule has 0 saturated carbocycles. The number of hydrogen-bond acceptors (Lipinski definition) is 5. The van der Waals surface area contributed by atoms with Crippen LogP contribution in [0.4, 0.5) is 5.95 Å². The molecule has 3 rings (SSSR count). The van der Waals surface area contributed by atoms with Gasteiger partial charge in [0.1, 0.15) is 10.5 Å². The van der Waals surface area contributed by atoms with E-state index in [9.17, 15) is 0 Å². The summed E-state index contributed by atoms with van der Waals surface area (Å²) in [4.78, 5) is 15.5. The molecule has 0 bridgehead atoms. The number of anilines is 1. The van der Waals surface area contributed by atoms with E-state index >= 15 is 0 Å². The van der Waals surface area contributed by atoms with E-state index in [4.69, 9.17) is 5.73 Å². The molecule has 3 N–H and O–H groups in total. The van der Waals surface area contributed by atoms with Crippen LogP contribution in [-0.2, 0) is 5.75 Å². The molecule has 6 heteroatoms. The maximum atomic E-state index is 5.69. The summed E-state index contributed by atoms with van der Waals surface area (Å²) < 4.78 is 0. The molecule has 0 spiro atoms. The highest BCUT2D eigenvalue weighted by atomic mass is 32.2. The number of rotatable bonds is 3. The zero-order chi connectivity index (χ0) is 13.2. The van der Waals surface area contributed by atoms with Crippen LogP contribution in [-0.4, -0.2) is 19.9 Å². The van der Waals surface area contributed by atoms with Gasteiger partial charge in [-0.05, 0) is 12.5 Å². The Labute approximate surface area is 114 Å². The minimum absolute atomic E-state index is 0.256. The summed E-state index contributed by atoms with van der Waals surface area (Å²) in [7, 11) is 0. The van der Waals surface area contributed by atoms with Crippen molar-refractivity contribution in [3.05, 3.63) is 41.7 Å². The first-order chi connectivity index (χ1) is 9.22. The van der Waals surface area contributed by atoms with Gasteiger partial charge in [0, 0.05) is 5.75 Å². The topological polar surface area (TPSA) is 80.5 Å². The first-order valence-corrected chi connectivity index (χ1v) is 6.86. The summed E-state index contributed by atoms with van der Waals surface area (Å²) in [5.41, 5.74) is 9.65. The van der Waals surface area contributed by atoms with Crippen LogP contribution < -0.4 is 5.73 Å². The third-order valence-electron chi connectivity index (χ3n) is 2.73. The Kier molecular flexibility index (Phi) is 3.08. The first kappa shape index (κ1) is 12.0. The average molecular weight is 271 g/mol. The summed E-state index contributed by atoms with van der Waals surface area (Å²) in [6, 6.07) is 8.42. The van der Waals surface area contributed by atoms with Gasteiger partial charge in [0.2, 0.25) is 5.95 Å². The van der Waals surface area contributed by atoms with E-state index in [1.165, 1.54) is 11.1 Å². The molecule has 0 atom stereocenters. The molecule has 19 heavy (non-hydrogen) atoms. The van der Waals surface area contributed by atoms with Crippen LogP contribution in [0.15, 0.2) is 35.6 Å². The Balaban J connectivity index is 1.87. The summed E-state index contributed by atoms with van der Waals surface area (Å²) in [5, 5.41) is 0.835. The molecule has 0 aliphatic heterocycles. The molecule has 0 unspecified atom stereocenters. The Morgan fingerprint density at radius 3 is 3.05 bits per heavy atom. The maximum absolute atomic E-state index is 5.69. The molecule has 96 valence electrons. The van der Waals surface area contributed by atoms with E-state index in [0.717, 1.165) is 16.3 Å². The van der Waals surface area contributed by atoms with E-state index in [2.05, 4.69) is 51.1 Å². The molecular formula is C13H13N5S. The number of thioether (sulfide) groups is 1. The van der Waals surface area contributed by atoms with E-state index in [0.29, 0.717) is 5.65 Å². The van der Waals surface area contributed by atoms with Gasteiger partial charge < -0.3 is 10.7 Å². The molecule has 2 aromatic heterocycles. The van der Waals surface area contributed by atoms with Crippen molar-refractivity contribution in [1.29, 1.82) is 0 Å². The standard InChI is InChI=1S/C13H13N5S/c1-8-3-2-4-9(5-8)6-19-12-10-11(16-7-15-10)17-13(14)18-12/h2-5,7H,6H2,1H3,(H3,14,15,16,17,18). The fourth-order valence-corrected chi connectivity index (χ4v) is 2.82. The van der Waals surface area contributed by atoms with Crippen LogP contribution in [0.5, 0.6) is 0 Å². The van der Waals surface area contributed by atoms with Crippen molar-refractivity contribution in [2.24, 2.45) is 0 Å². The summed E-state index contributed by atoms with van der Waals surface area (Å²) in [6.07, 6.45) is 1.61. The quantitative estimate of drug-likeness (QED) is 0.565. The third kappa shape index (κ3) is 2.53. The molecule has 0 amide bonds. The number of aryl methyl sites for hydroxylation is 1. The number of imidazole rings is 1. The smallest absolute Gasteiger partial charge is 0.223 e. The monoisotopic (exact) mass is 271 g/mol. The van der Waals surface area contributed by atoms with E-state index in [1.807, 2.05) is 0 Å². The fourth-order valence-electron chi connectivity index (χ4n) is 1.88. The Morgan fingerprint density at radius 1 is 1.32 bits per heavy atom. The van der Waals surface area contributed by atoms with Crippen LogP contribution in [0.1, 0.15) is 11.1 Å². The largest absolute Gasteiger partial charge is 0.368 e. The van der Waals surface area contributed by atoms with Gasteiger partial charge in [-0.1, -0.05) is 41.6 Å². The lowest BCUT2D eigenvalue weighted by Crippen LogP contribution is -1.97. The van der Waals surface area contributed by atoms with Gasteiger partial charge in [-0.2, -0.15) is 4.98 Å². The Morgan fingerprint density at radius 2 is 2.21 bits per heavy atom. The maximum Gasteiger partial charge on any atom is 0.223 e. The van der Waals surface area contributed by atoms with E-state index in [-0.39, 0.29) is 5.95 Å². The minimum atomic E-state index is 0.256. The molecule has 1 aromatic carbocycles. The van der Waals surface area contributed by atoms with Crippen molar-refractivity contribution in [3.63, 3.8) is 0 Å². The second-order valence-electron chi connectivity index (χ2n) is 4.27. The molecule has 0 saturated heterocycles. The minimum Gasteiger partial charge on any atom is -0.368 e. The molecule has 0 fully saturated rings. The third-order valence-corrected chi connectivity index (χ3v) is 3.77. The van der Waals surface area contributed by atoms with Crippen molar-refractivity contribution >= 4 is 28.9 Å². The molecular weight excluding hydrogens is 258 g/mol. The fraction of sp³-hybridized carbons (Fsp3) is 0.154. The first-order valence-electron chi connectivity index (χ1n) is 5.87. The number of aromatic amines is 1. The number of nitrogens with two attached hydrogens (primary N) is 1. The molecule has 2 heterocycles. The van der Waals surface area contributed by atoms with Crippen molar-refractivity contribution in [1.82, 2.24) is 19.9 Å². The zero-order valence-electron chi connectivity index (χ0n) is 10.4. The highest BCUT2D eigenvalue weighted by molar-refractivity contribution is 7.98. The molecule has 0 aliphatic rings. The van der Waals surface area contributed by atoms with Gasteiger partial charge in [-0.15, -0.1) is 0 Å². The van der Waals surface area contributed by atoms with Gasteiger partial charge in [0.15, 0.2) is 5.65 Å². The van der Waals surface area contributed by atoms with Crippen molar-refractivity contribution in [2.75, 3.05) is 5.73 Å². The van der Waals surface area contributed by atoms with E-state index < -0.39 is 0 Å². The molecule has 0 radical (unpaired) electrons. The Hall–Kier alpha value is -2.08. The van der Waals surface area contributed by atoms with Crippen LogP contribution in [0.25, 0.3) is 11.2 Å². The lowest BCUT2D eigenvalue weighted by molar-refractivity contribution is 1.10. The van der Waals surface area contributed by atoms with Gasteiger partial charge in [-0.25, -0.2) is 9.97 Å². The van der Waals surface area contributed by atoms with Crippen LogP contribution in [0, 0.1) is 6.92 Å². The number of nitrogens with one attached hydrogen (secondary N) is 1. The lowest BCUT2D eigenvalue weighted by atomic mass is 10.2. The SMILES string of the molecule is Cc1cccc(CSc2nc(N)nc3nc[nH]c23)c1.